The first-order valence-electron chi connectivity index (χ1n) is 7.03. The van der Waals surface area contributed by atoms with Gasteiger partial charge in [0.15, 0.2) is 0 Å². The maximum atomic E-state index is 13.2. The molecule has 0 spiro atoms. The molecule has 3 N–H and O–H groups in total. The summed E-state index contributed by atoms with van der Waals surface area (Å²) in [6.07, 6.45) is 3.55. The molecule has 3 heteroatoms. The maximum Gasteiger partial charge on any atom is 0.123 e. The molecular weight excluding hydrogens is 251 g/mol. The number of hydrogen-bond acceptors (Lipinski definition) is 2. The van der Waals surface area contributed by atoms with Gasteiger partial charge in [-0.15, -0.1) is 0 Å². The van der Waals surface area contributed by atoms with Crippen LogP contribution in [0.3, 0.4) is 0 Å². The van der Waals surface area contributed by atoms with Crippen LogP contribution in [0.15, 0.2) is 36.4 Å². The highest BCUT2D eigenvalue weighted by Gasteiger charge is 2.18. The second-order valence-corrected chi connectivity index (χ2v) is 5.48. The Balaban J connectivity index is 2.01. The first-order valence-corrected chi connectivity index (χ1v) is 7.03. The fourth-order valence-electron chi connectivity index (χ4n) is 3.10. The first kappa shape index (κ1) is 13.3. The Hall–Kier alpha value is -1.71. The summed E-state index contributed by atoms with van der Waals surface area (Å²) in [7, 11) is 0. The normalized spacial score (nSPS) is 15.2. The highest BCUT2D eigenvalue weighted by Crippen LogP contribution is 2.29. The van der Waals surface area contributed by atoms with E-state index in [4.69, 9.17) is 5.84 Å². The Bertz CT molecular complexity index is 637. The van der Waals surface area contributed by atoms with Crippen molar-refractivity contribution in [2.24, 2.45) is 5.84 Å². The molecule has 0 fully saturated rings. The molecule has 2 aromatic carbocycles. The third-order valence-electron chi connectivity index (χ3n) is 4.17. The zero-order valence-electron chi connectivity index (χ0n) is 11.6. The van der Waals surface area contributed by atoms with Gasteiger partial charge in [-0.25, -0.2) is 9.82 Å². The number of fused-ring (bicyclic) bond motifs is 1. The van der Waals surface area contributed by atoms with Crippen LogP contribution in [0.25, 0.3) is 0 Å². The Morgan fingerprint density at radius 2 is 1.90 bits per heavy atom. The van der Waals surface area contributed by atoms with E-state index in [2.05, 4.69) is 23.6 Å². The van der Waals surface area contributed by atoms with Crippen molar-refractivity contribution in [3.8, 4) is 0 Å². The quantitative estimate of drug-likeness (QED) is 0.664. The van der Waals surface area contributed by atoms with Crippen molar-refractivity contribution in [2.45, 2.75) is 32.2 Å². The van der Waals surface area contributed by atoms with Crippen molar-refractivity contribution in [1.82, 2.24) is 5.43 Å². The van der Waals surface area contributed by atoms with E-state index in [-0.39, 0.29) is 11.9 Å². The fourth-order valence-corrected chi connectivity index (χ4v) is 3.10. The van der Waals surface area contributed by atoms with E-state index in [1.165, 1.54) is 30.0 Å². The predicted octanol–water partition coefficient (Wildman–Crippen LogP) is 3.18. The molecule has 0 aromatic heterocycles. The summed E-state index contributed by atoms with van der Waals surface area (Å²) in [4.78, 5) is 0. The lowest BCUT2D eigenvalue weighted by atomic mass is 9.93. The largest absolute Gasteiger partial charge is 0.271 e. The van der Waals surface area contributed by atoms with Crippen molar-refractivity contribution in [2.75, 3.05) is 0 Å². The summed E-state index contributed by atoms with van der Waals surface area (Å²) in [5, 5.41) is 0. The molecule has 1 atom stereocenters. The van der Waals surface area contributed by atoms with E-state index in [0.29, 0.717) is 0 Å². The Morgan fingerprint density at radius 3 is 2.65 bits per heavy atom. The van der Waals surface area contributed by atoms with Crippen LogP contribution in [0.1, 0.15) is 40.3 Å². The minimum absolute atomic E-state index is 0.0958. The summed E-state index contributed by atoms with van der Waals surface area (Å²) in [6, 6.07) is 11.3. The second kappa shape index (κ2) is 5.35. The average Bonchev–Trinajstić information content (AvgIpc) is 2.89. The lowest BCUT2D eigenvalue weighted by Crippen LogP contribution is -2.29. The van der Waals surface area contributed by atoms with Crippen molar-refractivity contribution < 1.29 is 4.39 Å². The van der Waals surface area contributed by atoms with Gasteiger partial charge in [0.1, 0.15) is 5.82 Å². The molecule has 0 heterocycles. The SMILES string of the molecule is Cc1cc(F)ccc1C(NN)c1ccc2c(c1)CCC2. The van der Waals surface area contributed by atoms with E-state index in [9.17, 15) is 4.39 Å². The second-order valence-electron chi connectivity index (χ2n) is 5.48. The van der Waals surface area contributed by atoms with E-state index >= 15 is 0 Å². The molecule has 2 nitrogen and oxygen atoms in total. The Labute approximate surface area is 118 Å². The molecule has 1 aliphatic rings. The van der Waals surface area contributed by atoms with Crippen LogP contribution in [-0.4, -0.2) is 0 Å². The topological polar surface area (TPSA) is 38.0 Å². The molecule has 20 heavy (non-hydrogen) atoms. The number of aryl methyl sites for hydroxylation is 3. The first-order chi connectivity index (χ1) is 9.69. The zero-order valence-corrected chi connectivity index (χ0v) is 11.6. The predicted molar refractivity (Wildman–Crippen MR) is 78.8 cm³/mol. The van der Waals surface area contributed by atoms with Crippen molar-refractivity contribution in [3.05, 3.63) is 70.0 Å². The summed E-state index contributed by atoms with van der Waals surface area (Å²) in [5.41, 5.74) is 8.80. The highest BCUT2D eigenvalue weighted by molar-refractivity contribution is 5.42. The van der Waals surface area contributed by atoms with Crippen LogP contribution in [0.2, 0.25) is 0 Å². The standard InChI is InChI=1S/C17H19FN2/c1-11-9-15(18)7-8-16(11)17(20-19)14-6-5-12-3-2-4-13(12)10-14/h5-10,17,20H,2-4,19H2,1H3. The van der Waals surface area contributed by atoms with Gasteiger partial charge in [-0.3, -0.25) is 5.84 Å². The van der Waals surface area contributed by atoms with Crippen LogP contribution in [0.5, 0.6) is 0 Å². The van der Waals surface area contributed by atoms with Gasteiger partial charge >= 0.3 is 0 Å². The van der Waals surface area contributed by atoms with E-state index in [1.54, 1.807) is 6.07 Å². The molecule has 0 radical (unpaired) electrons. The minimum atomic E-state index is -0.212. The smallest absolute Gasteiger partial charge is 0.123 e. The Morgan fingerprint density at radius 1 is 1.10 bits per heavy atom. The number of hydrazine groups is 1. The average molecular weight is 270 g/mol. The molecular formula is C17H19FN2. The number of hydrogen-bond donors (Lipinski definition) is 2. The van der Waals surface area contributed by atoms with Crippen LogP contribution in [-0.2, 0) is 12.8 Å². The third kappa shape index (κ3) is 2.35. The van der Waals surface area contributed by atoms with Gasteiger partial charge in [0.05, 0.1) is 6.04 Å². The van der Waals surface area contributed by atoms with Gasteiger partial charge in [0, 0.05) is 0 Å². The molecule has 1 unspecified atom stereocenters. The summed E-state index contributed by atoms with van der Waals surface area (Å²) in [5.74, 6) is 5.53. The molecule has 104 valence electrons. The molecule has 1 aliphatic carbocycles. The van der Waals surface area contributed by atoms with Gasteiger partial charge in [0.25, 0.3) is 0 Å². The summed E-state index contributed by atoms with van der Waals surface area (Å²) < 4.78 is 13.2. The van der Waals surface area contributed by atoms with Gasteiger partial charge < -0.3 is 0 Å². The molecule has 0 bridgehead atoms. The minimum Gasteiger partial charge on any atom is -0.271 e. The third-order valence-corrected chi connectivity index (χ3v) is 4.17. The lowest BCUT2D eigenvalue weighted by molar-refractivity contribution is 0.611. The van der Waals surface area contributed by atoms with Crippen molar-refractivity contribution in [1.29, 1.82) is 0 Å². The fraction of sp³-hybridized carbons (Fsp3) is 0.294. The molecule has 0 aliphatic heterocycles. The van der Waals surface area contributed by atoms with Crippen LogP contribution < -0.4 is 11.3 Å². The number of nitrogens with two attached hydrogens (primary N) is 1. The Kier molecular flexibility index (Phi) is 3.55. The van der Waals surface area contributed by atoms with E-state index in [0.717, 1.165) is 23.1 Å². The zero-order chi connectivity index (χ0) is 14.1. The number of halogens is 1. The number of rotatable bonds is 3. The molecule has 3 rings (SSSR count). The number of nitrogens with one attached hydrogen (secondary N) is 1. The van der Waals surface area contributed by atoms with Crippen LogP contribution in [0.4, 0.5) is 4.39 Å². The molecule has 2 aromatic rings. The maximum absolute atomic E-state index is 13.2. The van der Waals surface area contributed by atoms with Crippen molar-refractivity contribution in [3.63, 3.8) is 0 Å². The van der Waals surface area contributed by atoms with Gasteiger partial charge in [-0.05, 0) is 66.1 Å². The summed E-state index contributed by atoms with van der Waals surface area (Å²) in [6.45, 7) is 1.91. The van der Waals surface area contributed by atoms with E-state index < -0.39 is 0 Å². The highest BCUT2D eigenvalue weighted by atomic mass is 19.1. The lowest BCUT2D eigenvalue weighted by Gasteiger charge is -2.20. The van der Waals surface area contributed by atoms with Crippen LogP contribution in [0, 0.1) is 12.7 Å². The van der Waals surface area contributed by atoms with Gasteiger partial charge in [-0.2, -0.15) is 0 Å². The molecule has 0 saturated carbocycles. The number of benzene rings is 2. The van der Waals surface area contributed by atoms with Gasteiger partial charge in [0.2, 0.25) is 0 Å². The van der Waals surface area contributed by atoms with Gasteiger partial charge in [-0.1, -0.05) is 24.3 Å². The molecule has 0 saturated heterocycles. The summed E-state index contributed by atoms with van der Waals surface area (Å²) >= 11 is 0. The van der Waals surface area contributed by atoms with E-state index in [1.807, 2.05) is 13.0 Å². The molecule has 0 amide bonds. The van der Waals surface area contributed by atoms with Crippen molar-refractivity contribution >= 4 is 0 Å². The van der Waals surface area contributed by atoms with Crippen LogP contribution >= 0.6 is 0 Å². The monoisotopic (exact) mass is 270 g/mol.